The summed E-state index contributed by atoms with van der Waals surface area (Å²) in [5, 5.41) is 16.3. The first kappa shape index (κ1) is 15.3. The monoisotopic (exact) mass is 313 g/mol. The van der Waals surface area contributed by atoms with Gasteiger partial charge in [0.1, 0.15) is 5.54 Å². The largest absolute Gasteiger partial charge is 0.480 e. The van der Waals surface area contributed by atoms with Gasteiger partial charge in [0.2, 0.25) is 5.91 Å². The van der Waals surface area contributed by atoms with Crippen molar-refractivity contribution in [2.45, 2.75) is 38.6 Å². The number of amides is 1. The summed E-state index contributed by atoms with van der Waals surface area (Å²) in [5.74, 6) is -1.23. The van der Waals surface area contributed by atoms with Gasteiger partial charge in [0.25, 0.3) is 0 Å². The number of hydrogen-bond acceptors (Lipinski definition) is 3. The highest BCUT2D eigenvalue weighted by atomic mass is 16.4. The summed E-state index contributed by atoms with van der Waals surface area (Å²) in [6.45, 7) is 3.78. The molecule has 6 nitrogen and oxygen atoms in total. The molecule has 1 aromatic carbocycles. The Balaban J connectivity index is 1.80. The summed E-state index contributed by atoms with van der Waals surface area (Å²) in [6, 6.07) is 9.70. The number of carboxylic acids is 1. The zero-order valence-electron chi connectivity index (χ0n) is 13.2. The third-order valence-electron chi connectivity index (χ3n) is 4.32. The van der Waals surface area contributed by atoms with Crippen molar-refractivity contribution in [3.05, 3.63) is 47.3 Å². The number of aliphatic carboxylic acids is 1. The van der Waals surface area contributed by atoms with Crippen molar-refractivity contribution in [1.29, 1.82) is 0 Å². The maximum atomic E-state index is 12.2. The second-order valence-electron chi connectivity index (χ2n) is 6.01. The zero-order valence-corrected chi connectivity index (χ0v) is 13.2. The fraction of sp³-hybridized carbons (Fsp3) is 0.353. The second kappa shape index (κ2) is 5.53. The lowest BCUT2D eigenvalue weighted by atomic mass is 10.1. The van der Waals surface area contributed by atoms with E-state index >= 15 is 0 Å². The van der Waals surface area contributed by atoms with Crippen LogP contribution in [0.2, 0.25) is 0 Å². The number of carboxylic acid groups (broad SMARTS) is 1. The summed E-state index contributed by atoms with van der Waals surface area (Å²) >= 11 is 0. The number of nitrogens with zero attached hydrogens (tertiary/aromatic N) is 2. The molecule has 1 aliphatic carbocycles. The minimum atomic E-state index is -1.05. The third-order valence-corrected chi connectivity index (χ3v) is 4.32. The lowest BCUT2D eigenvalue weighted by Crippen LogP contribution is -2.43. The van der Waals surface area contributed by atoms with Crippen LogP contribution in [0.4, 0.5) is 0 Å². The maximum Gasteiger partial charge on any atom is 0.329 e. The molecule has 0 radical (unpaired) electrons. The molecular weight excluding hydrogens is 294 g/mol. The number of aryl methyl sites for hydroxylation is 1. The van der Waals surface area contributed by atoms with Gasteiger partial charge in [0.15, 0.2) is 0 Å². The first-order chi connectivity index (χ1) is 10.9. The number of hydrogen-bond donors (Lipinski definition) is 2. The summed E-state index contributed by atoms with van der Waals surface area (Å²) in [6.07, 6.45) is 1.13. The Bertz CT molecular complexity index is 761. The van der Waals surface area contributed by atoms with Gasteiger partial charge in [0.05, 0.1) is 17.8 Å². The van der Waals surface area contributed by atoms with Crippen molar-refractivity contribution in [1.82, 2.24) is 15.1 Å². The average molecular weight is 313 g/mol. The maximum absolute atomic E-state index is 12.2. The van der Waals surface area contributed by atoms with Gasteiger partial charge < -0.3 is 10.4 Å². The molecule has 0 spiro atoms. The highest BCUT2D eigenvalue weighted by Crippen LogP contribution is 2.35. The molecule has 1 saturated carbocycles. The molecule has 3 rings (SSSR count). The Hall–Kier alpha value is -2.63. The topological polar surface area (TPSA) is 84.2 Å². The van der Waals surface area contributed by atoms with E-state index in [0.717, 1.165) is 22.6 Å². The standard InChI is InChI=1S/C17H19N3O3/c1-11-14(10-15(21)18-17(8-9-17)16(22)23)12(2)20(19-11)13-6-4-3-5-7-13/h3-7H,8-10H2,1-2H3,(H,18,21)(H,22,23). The Kier molecular flexibility index (Phi) is 3.67. The van der Waals surface area contributed by atoms with E-state index in [4.69, 9.17) is 5.11 Å². The van der Waals surface area contributed by atoms with Crippen molar-refractivity contribution < 1.29 is 14.7 Å². The van der Waals surface area contributed by atoms with Gasteiger partial charge >= 0.3 is 5.97 Å². The number of carbonyl (C=O) groups excluding carboxylic acids is 1. The van der Waals surface area contributed by atoms with E-state index in [1.54, 1.807) is 0 Å². The molecule has 0 bridgehead atoms. The van der Waals surface area contributed by atoms with Crippen molar-refractivity contribution in [2.24, 2.45) is 0 Å². The molecule has 0 saturated heterocycles. The predicted molar refractivity (Wildman–Crippen MR) is 84.5 cm³/mol. The number of rotatable bonds is 5. The van der Waals surface area contributed by atoms with Gasteiger partial charge in [-0.25, -0.2) is 9.48 Å². The SMILES string of the molecule is Cc1nn(-c2ccccc2)c(C)c1CC(=O)NC1(C(=O)O)CC1. The lowest BCUT2D eigenvalue weighted by Gasteiger charge is -2.12. The minimum Gasteiger partial charge on any atom is -0.480 e. The van der Waals surface area contributed by atoms with Crippen LogP contribution < -0.4 is 5.32 Å². The molecular formula is C17H19N3O3. The summed E-state index contributed by atoms with van der Waals surface area (Å²) < 4.78 is 1.81. The molecule has 0 atom stereocenters. The van der Waals surface area contributed by atoms with E-state index in [2.05, 4.69) is 10.4 Å². The molecule has 1 amide bonds. The van der Waals surface area contributed by atoms with Gasteiger partial charge in [-0.3, -0.25) is 4.79 Å². The fourth-order valence-electron chi connectivity index (χ4n) is 2.74. The summed E-state index contributed by atoms with van der Waals surface area (Å²) in [7, 11) is 0. The molecule has 1 aromatic heterocycles. The van der Waals surface area contributed by atoms with Crippen LogP contribution >= 0.6 is 0 Å². The van der Waals surface area contributed by atoms with Crippen LogP contribution in [0, 0.1) is 13.8 Å². The molecule has 6 heteroatoms. The van der Waals surface area contributed by atoms with Crippen LogP contribution in [-0.4, -0.2) is 32.3 Å². The first-order valence-electron chi connectivity index (χ1n) is 7.58. The van der Waals surface area contributed by atoms with Gasteiger partial charge in [0, 0.05) is 11.3 Å². The quantitative estimate of drug-likeness (QED) is 0.881. The minimum absolute atomic E-state index is 0.138. The van der Waals surface area contributed by atoms with Gasteiger partial charge in [-0.05, 0) is 38.8 Å². The van der Waals surface area contributed by atoms with Crippen molar-refractivity contribution >= 4 is 11.9 Å². The van der Waals surface area contributed by atoms with Crippen molar-refractivity contribution in [3.8, 4) is 5.69 Å². The number of carbonyl (C=O) groups is 2. The molecule has 23 heavy (non-hydrogen) atoms. The highest BCUT2D eigenvalue weighted by molar-refractivity contribution is 5.90. The number of benzene rings is 1. The van der Waals surface area contributed by atoms with E-state index in [-0.39, 0.29) is 12.3 Å². The van der Waals surface area contributed by atoms with E-state index in [1.807, 2.05) is 48.9 Å². The van der Waals surface area contributed by atoms with Crippen molar-refractivity contribution in [2.75, 3.05) is 0 Å². The van der Waals surface area contributed by atoms with Crippen LogP contribution in [0.15, 0.2) is 30.3 Å². The van der Waals surface area contributed by atoms with Crippen LogP contribution in [-0.2, 0) is 16.0 Å². The molecule has 2 N–H and O–H groups in total. The van der Waals surface area contributed by atoms with Gasteiger partial charge in [-0.2, -0.15) is 5.10 Å². The Morgan fingerprint density at radius 2 is 1.91 bits per heavy atom. The van der Waals surface area contributed by atoms with Gasteiger partial charge in [-0.1, -0.05) is 18.2 Å². The molecule has 1 heterocycles. The second-order valence-corrected chi connectivity index (χ2v) is 6.01. The fourth-order valence-corrected chi connectivity index (χ4v) is 2.74. The number of aromatic nitrogens is 2. The van der Waals surface area contributed by atoms with Crippen molar-refractivity contribution in [3.63, 3.8) is 0 Å². The summed E-state index contributed by atoms with van der Waals surface area (Å²) in [5.41, 5.74) is 2.40. The highest BCUT2D eigenvalue weighted by Gasteiger charge is 2.51. The average Bonchev–Trinajstić information content (AvgIpc) is 3.25. The Labute approximate surface area is 134 Å². The van der Waals surface area contributed by atoms with Crippen LogP contribution in [0.25, 0.3) is 5.69 Å². The first-order valence-corrected chi connectivity index (χ1v) is 7.58. The third kappa shape index (κ3) is 2.84. The van der Waals surface area contributed by atoms with E-state index in [0.29, 0.717) is 12.8 Å². The normalized spacial score (nSPS) is 15.2. The molecule has 1 fully saturated rings. The summed E-state index contributed by atoms with van der Waals surface area (Å²) in [4.78, 5) is 23.4. The van der Waals surface area contributed by atoms with Crippen LogP contribution in [0.3, 0.4) is 0 Å². The van der Waals surface area contributed by atoms with E-state index < -0.39 is 11.5 Å². The van der Waals surface area contributed by atoms with E-state index in [1.165, 1.54) is 0 Å². The Morgan fingerprint density at radius 3 is 2.48 bits per heavy atom. The number of nitrogens with one attached hydrogen (secondary N) is 1. The molecule has 0 aliphatic heterocycles. The lowest BCUT2D eigenvalue weighted by molar-refractivity contribution is -0.143. The molecule has 0 unspecified atom stereocenters. The molecule has 1 aliphatic rings. The predicted octanol–water partition coefficient (Wildman–Crippen LogP) is 1.77. The van der Waals surface area contributed by atoms with Crippen LogP contribution in [0.5, 0.6) is 0 Å². The smallest absolute Gasteiger partial charge is 0.329 e. The zero-order chi connectivity index (χ0) is 16.6. The van der Waals surface area contributed by atoms with E-state index in [9.17, 15) is 9.59 Å². The molecule has 120 valence electrons. The Morgan fingerprint density at radius 1 is 1.26 bits per heavy atom. The van der Waals surface area contributed by atoms with Crippen LogP contribution in [0.1, 0.15) is 29.8 Å². The van der Waals surface area contributed by atoms with Gasteiger partial charge in [-0.15, -0.1) is 0 Å². The number of para-hydroxylation sites is 1. The molecule has 2 aromatic rings.